The number of ether oxygens (including phenoxy) is 1. The van der Waals surface area contributed by atoms with E-state index in [1.54, 1.807) is 27.7 Å². The van der Waals surface area contributed by atoms with Crippen molar-refractivity contribution in [2.75, 3.05) is 11.9 Å². The Bertz CT molecular complexity index is 865. The van der Waals surface area contributed by atoms with Crippen LogP contribution < -0.4 is 10.6 Å². The number of hydrogen-bond donors (Lipinski definition) is 2. The summed E-state index contributed by atoms with van der Waals surface area (Å²) in [6.45, 7) is 7.16. The van der Waals surface area contributed by atoms with Crippen molar-refractivity contribution in [1.29, 1.82) is 0 Å². The van der Waals surface area contributed by atoms with Gasteiger partial charge in [-0.3, -0.25) is 9.59 Å². The lowest BCUT2D eigenvalue weighted by molar-refractivity contribution is -0.118. The Morgan fingerprint density at radius 3 is 2.43 bits per heavy atom. The maximum Gasteiger partial charge on any atom is 0.350 e. The molecule has 0 unspecified atom stereocenters. The van der Waals surface area contributed by atoms with E-state index in [9.17, 15) is 18.8 Å². The minimum Gasteiger partial charge on any atom is -0.462 e. The second kappa shape index (κ2) is 9.41. The third-order valence-corrected chi connectivity index (χ3v) is 4.88. The highest BCUT2D eigenvalue weighted by Gasteiger charge is 2.26. The molecule has 150 valence electrons. The SMILES string of the molecule is CCOC(=O)c1sc(NC(=O)[C@H](NC(=O)c2ccc(F)cc2)C(C)C)nc1C. The normalized spacial score (nSPS) is 11.8. The van der Waals surface area contributed by atoms with Crippen LogP contribution in [0.2, 0.25) is 0 Å². The molecule has 9 heteroatoms. The Hall–Kier alpha value is -2.81. The van der Waals surface area contributed by atoms with E-state index >= 15 is 0 Å². The maximum absolute atomic E-state index is 13.0. The molecule has 0 aliphatic rings. The number of aryl methyl sites for hydroxylation is 1. The van der Waals surface area contributed by atoms with Crippen molar-refractivity contribution in [1.82, 2.24) is 10.3 Å². The molecule has 1 aromatic heterocycles. The van der Waals surface area contributed by atoms with Gasteiger partial charge in [-0.05, 0) is 44.0 Å². The highest BCUT2D eigenvalue weighted by molar-refractivity contribution is 7.17. The molecule has 0 saturated heterocycles. The summed E-state index contributed by atoms with van der Waals surface area (Å²) in [6.07, 6.45) is 0. The van der Waals surface area contributed by atoms with Gasteiger partial charge in [-0.15, -0.1) is 0 Å². The van der Waals surface area contributed by atoms with Crippen LogP contribution in [-0.4, -0.2) is 35.4 Å². The molecule has 2 N–H and O–H groups in total. The molecular weight excluding hydrogens is 385 g/mol. The summed E-state index contributed by atoms with van der Waals surface area (Å²) >= 11 is 1.01. The monoisotopic (exact) mass is 407 g/mol. The Labute approximate surface area is 166 Å². The molecule has 1 aromatic carbocycles. The average molecular weight is 407 g/mol. The van der Waals surface area contributed by atoms with E-state index < -0.39 is 29.6 Å². The van der Waals surface area contributed by atoms with Gasteiger partial charge in [0.1, 0.15) is 16.7 Å². The number of halogens is 1. The molecule has 28 heavy (non-hydrogen) atoms. The molecule has 0 bridgehead atoms. The van der Waals surface area contributed by atoms with Crippen LogP contribution in [0.4, 0.5) is 9.52 Å². The minimum atomic E-state index is -0.840. The van der Waals surface area contributed by atoms with E-state index in [-0.39, 0.29) is 23.2 Å². The standard InChI is InChI=1S/C19H22FN3O4S/c1-5-27-18(26)15-11(4)21-19(28-15)23-17(25)14(10(2)3)22-16(24)12-6-8-13(20)9-7-12/h6-10,14H,5H2,1-4H3,(H,22,24)(H,21,23,25)/t14-/m1/s1. The van der Waals surface area contributed by atoms with E-state index in [2.05, 4.69) is 15.6 Å². The average Bonchev–Trinajstić information content (AvgIpc) is 3.00. The molecule has 0 aliphatic carbocycles. The van der Waals surface area contributed by atoms with E-state index in [1.807, 2.05) is 0 Å². The molecule has 2 amide bonds. The predicted molar refractivity (Wildman–Crippen MR) is 104 cm³/mol. The molecule has 0 saturated carbocycles. The number of benzene rings is 1. The fourth-order valence-corrected chi connectivity index (χ4v) is 3.24. The first-order chi connectivity index (χ1) is 13.2. The van der Waals surface area contributed by atoms with Crippen LogP contribution in [0.15, 0.2) is 24.3 Å². The fraction of sp³-hybridized carbons (Fsp3) is 0.368. The molecule has 7 nitrogen and oxygen atoms in total. The number of hydrogen-bond acceptors (Lipinski definition) is 6. The fourth-order valence-electron chi connectivity index (χ4n) is 2.38. The van der Waals surface area contributed by atoms with Crippen LogP contribution in [0, 0.1) is 18.7 Å². The van der Waals surface area contributed by atoms with Gasteiger partial charge >= 0.3 is 5.97 Å². The van der Waals surface area contributed by atoms with Crippen LogP contribution in [0.1, 0.15) is 46.5 Å². The van der Waals surface area contributed by atoms with Gasteiger partial charge in [0, 0.05) is 5.56 Å². The zero-order valence-corrected chi connectivity index (χ0v) is 16.9. The highest BCUT2D eigenvalue weighted by Crippen LogP contribution is 2.24. The summed E-state index contributed by atoms with van der Waals surface area (Å²) in [7, 11) is 0. The smallest absolute Gasteiger partial charge is 0.350 e. The van der Waals surface area contributed by atoms with E-state index in [4.69, 9.17) is 4.74 Å². The number of thiazole rings is 1. The number of esters is 1. The number of carbonyl (C=O) groups excluding carboxylic acids is 3. The van der Waals surface area contributed by atoms with Crippen LogP contribution in [0.25, 0.3) is 0 Å². The van der Waals surface area contributed by atoms with Crippen molar-refractivity contribution < 1.29 is 23.5 Å². The largest absolute Gasteiger partial charge is 0.462 e. The zero-order chi connectivity index (χ0) is 20.8. The first kappa shape index (κ1) is 21.5. The number of aromatic nitrogens is 1. The van der Waals surface area contributed by atoms with Crippen LogP contribution in [-0.2, 0) is 9.53 Å². The quantitative estimate of drug-likeness (QED) is 0.687. The Kier molecular flexibility index (Phi) is 7.22. The molecule has 1 heterocycles. The van der Waals surface area contributed by atoms with Gasteiger partial charge < -0.3 is 15.4 Å². The molecule has 0 fully saturated rings. The summed E-state index contributed by atoms with van der Waals surface area (Å²) in [5.41, 5.74) is 0.699. The van der Waals surface area contributed by atoms with Gasteiger partial charge in [0.2, 0.25) is 5.91 Å². The van der Waals surface area contributed by atoms with Gasteiger partial charge in [0.25, 0.3) is 5.91 Å². The summed E-state index contributed by atoms with van der Waals surface area (Å²) in [4.78, 5) is 41.4. The number of amides is 2. The molecule has 2 aromatic rings. The lowest BCUT2D eigenvalue weighted by Gasteiger charge is -2.21. The highest BCUT2D eigenvalue weighted by atomic mass is 32.1. The molecule has 1 atom stereocenters. The van der Waals surface area contributed by atoms with E-state index in [0.717, 1.165) is 11.3 Å². The Morgan fingerprint density at radius 1 is 1.21 bits per heavy atom. The Balaban J connectivity index is 2.11. The van der Waals surface area contributed by atoms with Crippen LogP contribution in [0.5, 0.6) is 0 Å². The molecular formula is C19H22FN3O4S. The van der Waals surface area contributed by atoms with E-state index in [0.29, 0.717) is 10.6 Å². The van der Waals surface area contributed by atoms with Gasteiger partial charge in [0.05, 0.1) is 12.3 Å². The number of carbonyl (C=O) groups is 3. The number of nitrogens with one attached hydrogen (secondary N) is 2. The first-order valence-corrected chi connectivity index (χ1v) is 9.56. The van der Waals surface area contributed by atoms with Crippen LogP contribution in [0.3, 0.4) is 0 Å². The van der Waals surface area contributed by atoms with Crippen molar-refractivity contribution in [3.63, 3.8) is 0 Å². The third-order valence-electron chi connectivity index (χ3n) is 3.83. The van der Waals surface area contributed by atoms with Crippen molar-refractivity contribution in [3.05, 3.63) is 46.2 Å². The lowest BCUT2D eigenvalue weighted by atomic mass is 10.0. The van der Waals surface area contributed by atoms with Crippen molar-refractivity contribution in [3.8, 4) is 0 Å². The van der Waals surface area contributed by atoms with Gasteiger partial charge in [0.15, 0.2) is 5.13 Å². The van der Waals surface area contributed by atoms with Crippen molar-refractivity contribution >= 4 is 34.3 Å². The van der Waals surface area contributed by atoms with E-state index in [1.165, 1.54) is 24.3 Å². The molecule has 0 aliphatic heterocycles. The first-order valence-electron chi connectivity index (χ1n) is 8.74. The minimum absolute atomic E-state index is 0.213. The van der Waals surface area contributed by atoms with Gasteiger partial charge in [-0.2, -0.15) is 0 Å². The third kappa shape index (κ3) is 5.35. The summed E-state index contributed by atoms with van der Waals surface area (Å²) in [5.74, 6) is -2.12. The predicted octanol–water partition coefficient (Wildman–Crippen LogP) is 3.16. The topological polar surface area (TPSA) is 97.4 Å². The Morgan fingerprint density at radius 2 is 1.86 bits per heavy atom. The lowest BCUT2D eigenvalue weighted by Crippen LogP contribution is -2.47. The maximum atomic E-state index is 13.0. The number of anilines is 1. The van der Waals surface area contributed by atoms with Crippen molar-refractivity contribution in [2.45, 2.75) is 33.7 Å². The number of rotatable bonds is 7. The summed E-state index contributed by atoms with van der Waals surface area (Å²) < 4.78 is 18.0. The molecule has 0 spiro atoms. The summed E-state index contributed by atoms with van der Waals surface area (Å²) in [6, 6.07) is 4.20. The summed E-state index contributed by atoms with van der Waals surface area (Å²) in [5, 5.41) is 5.52. The molecule has 0 radical (unpaired) electrons. The second-order valence-corrected chi connectivity index (χ2v) is 7.34. The zero-order valence-electron chi connectivity index (χ0n) is 16.0. The number of nitrogens with zero attached hydrogens (tertiary/aromatic N) is 1. The second-order valence-electron chi connectivity index (χ2n) is 6.35. The van der Waals surface area contributed by atoms with Gasteiger partial charge in [-0.1, -0.05) is 25.2 Å². The van der Waals surface area contributed by atoms with Crippen molar-refractivity contribution in [2.24, 2.45) is 5.92 Å². The van der Waals surface area contributed by atoms with Gasteiger partial charge in [-0.25, -0.2) is 14.2 Å². The molecule has 2 rings (SSSR count). The van der Waals surface area contributed by atoms with Crippen LogP contribution >= 0.6 is 11.3 Å².